The van der Waals surface area contributed by atoms with Crippen molar-refractivity contribution in [3.05, 3.63) is 29.8 Å². The summed E-state index contributed by atoms with van der Waals surface area (Å²) >= 11 is 3.09. The molecule has 0 unspecified atom stereocenters. The minimum atomic E-state index is -0.946. The molecule has 0 aliphatic heterocycles. The van der Waals surface area contributed by atoms with Gasteiger partial charge in [0.15, 0.2) is 0 Å². The van der Waals surface area contributed by atoms with Crippen LogP contribution in [0.4, 0.5) is 0 Å². The van der Waals surface area contributed by atoms with Crippen LogP contribution >= 0.6 is 15.9 Å². The lowest BCUT2D eigenvalue weighted by atomic mass is 10.1. The molecular weight excluding hydrogens is 276 g/mol. The fourth-order valence-corrected chi connectivity index (χ4v) is 1.70. The molecule has 0 amide bonds. The van der Waals surface area contributed by atoms with Crippen molar-refractivity contribution in [2.75, 3.05) is 14.2 Å². The van der Waals surface area contributed by atoms with E-state index in [0.717, 1.165) is 0 Å². The number of hydrogen-bond acceptors (Lipinski definition) is 4. The van der Waals surface area contributed by atoms with Crippen LogP contribution in [-0.4, -0.2) is 30.1 Å². The van der Waals surface area contributed by atoms with Crippen molar-refractivity contribution in [3.8, 4) is 5.75 Å². The molecule has 0 aliphatic rings. The number of benzene rings is 1. The van der Waals surface area contributed by atoms with Gasteiger partial charge in [0.2, 0.25) is 0 Å². The number of halogens is 1. The first-order valence-corrected chi connectivity index (χ1v) is 5.55. The molecule has 0 fully saturated rings. The van der Waals surface area contributed by atoms with Crippen LogP contribution in [0, 0.1) is 0 Å². The lowest BCUT2D eigenvalue weighted by Gasteiger charge is -2.15. The minimum Gasteiger partial charge on any atom is -0.497 e. The Balaban J connectivity index is 2.79. The van der Waals surface area contributed by atoms with E-state index in [0.29, 0.717) is 11.3 Å². The van der Waals surface area contributed by atoms with Gasteiger partial charge < -0.3 is 14.6 Å². The molecule has 1 aromatic rings. The summed E-state index contributed by atoms with van der Waals surface area (Å²) in [6.07, 6.45) is -0.946. The summed E-state index contributed by atoms with van der Waals surface area (Å²) in [7, 11) is 2.84. The summed E-state index contributed by atoms with van der Waals surface area (Å²) in [6.45, 7) is 0. The standard InChI is InChI=1S/C11H13BrO4/c1-15-8-5-3-7(4-6-8)10(13)9(12)11(14)16-2/h3-6,9-10,13H,1-2H3/t9-,10-/m1/s1. The SMILES string of the molecule is COC(=O)[C@H](Br)[C@H](O)c1ccc(OC)cc1. The molecule has 0 spiro atoms. The van der Waals surface area contributed by atoms with Crippen molar-refractivity contribution >= 4 is 21.9 Å². The predicted octanol–water partition coefficient (Wildman–Crippen LogP) is 1.67. The Hall–Kier alpha value is -1.07. The number of carbonyl (C=O) groups is 1. The fourth-order valence-electron chi connectivity index (χ4n) is 1.21. The van der Waals surface area contributed by atoms with Gasteiger partial charge in [0.1, 0.15) is 16.7 Å². The highest BCUT2D eigenvalue weighted by atomic mass is 79.9. The summed E-state index contributed by atoms with van der Waals surface area (Å²) in [5.41, 5.74) is 0.619. The van der Waals surface area contributed by atoms with Gasteiger partial charge in [-0.3, -0.25) is 4.79 Å². The molecular formula is C11H13BrO4. The van der Waals surface area contributed by atoms with Gasteiger partial charge >= 0.3 is 5.97 Å². The average Bonchev–Trinajstić information content (AvgIpc) is 2.36. The van der Waals surface area contributed by atoms with E-state index < -0.39 is 16.9 Å². The van der Waals surface area contributed by atoms with Crippen LogP contribution in [0.25, 0.3) is 0 Å². The number of aliphatic hydroxyl groups excluding tert-OH is 1. The zero-order chi connectivity index (χ0) is 12.1. The average molecular weight is 289 g/mol. The van der Waals surface area contributed by atoms with E-state index in [4.69, 9.17) is 4.74 Å². The maximum absolute atomic E-state index is 11.2. The number of ether oxygens (including phenoxy) is 2. The van der Waals surface area contributed by atoms with E-state index in [-0.39, 0.29) is 0 Å². The molecule has 4 nitrogen and oxygen atoms in total. The molecule has 0 saturated carbocycles. The van der Waals surface area contributed by atoms with Gasteiger partial charge in [-0.05, 0) is 17.7 Å². The first kappa shape index (κ1) is 13.0. The molecule has 1 aromatic carbocycles. The predicted molar refractivity (Wildman–Crippen MR) is 62.7 cm³/mol. The maximum Gasteiger partial charge on any atom is 0.322 e. The second kappa shape index (κ2) is 5.86. The number of methoxy groups -OCH3 is 2. The number of aliphatic hydroxyl groups is 1. The van der Waals surface area contributed by atoms with Crippen molar-refractivity contribution < 1.29 is 19.4 Å². The first-order chi connectivity index (χ1) is 7.60. The zero-order valence-corrected chi connectivity index (χ0v) is 10.6. The smallest absolute Gasteiger partial charge is 0.322 e. The maximum atomic E-state index is 11.2. The number of alkyl halides is 1. The van der Waals surface area contributed by atoms with Gasteiger partial charge in [-0.15, -0.1) is 0 Å². The van der Waals surface area contributed by atoms with Crippen LogP contribution in [-0.2, 0) is 9.53 Å². The van der Waals surface area contributed by atoms with Crippen molar-refractivity contribution in [2.45, 2.75) is 10.9 Å². The number of rotatable bonds is 4. The van der Waals surface area contributed by atoms with Crippen molar-refractivity contribution in [3.63, 3.8) is 0 Å². The van der Waals surface area contributed by atoms with E-state index in [1.54, 1.807) is 31.4 Å². The lowest BCUT2D eigenvalue weighted by Crippen LogP contribution is -2.23. The van der Waals surface area contributed by atoms with Crippen LogP contribution in [0.5, 0.6) is 5.75 Å². The van der Waals surface area contributed by atoms with E-state index in [1.165, 1.54) is 7.11 Å². The third kappa shape index (κ3) is 2.96. The summed E-state index contributed by atoms with van der Waals surface area (Å²) in [5.74, 6) is 0.184. The lowest BCUT2D eigenvalue weighted by molar-refractivity contribution is -0.141. The van der Waals surface area contributed by atoms with E-state index in [9.17, 15) is 9.90 Å². The highest BCUT2D eigenvalue weighted by Crippen LogP contribution is 2.25. The highest BCUT2D eigenvalue weighted by Gasteiger charge is 2.25. The molecule has 0 radical (unpaired) electrons. The minimum absolute atomic E-state index is 0.511. The molecule has 16 heavy (non-hydrogen) atoms. The Kier molecular flexibility index (Phi) is 4.76. The zero-order valence-electron chi connectivity index (χ0n) is 9.01. The molecule has 0 saturated heterocycles. The van der Waals surface area contributed by atoms with Crippen LogP contribution < -0.4 is 4.74 Å². The van der Waals surface area contributed by atoms with Crippen LogP contribution in [0.15, 0.2) is 24.3 Å². The van der Waals surface area contributed by atoms with Gasteiger partial charge in [-0.1, -0.05) is 28.1 Å². The molecule has 1 N–H and O–H groups in total. The molecule has 5 heteroatoms. The van der Waals surface area contributed by atoms with Gasteiger partial charge in [0.05, 0.1) is 14.2 Å². The second-order valence-corrected chi connectivity index (χ2v) is 4.13. The fraction of sp³-hybridized carbons (Fsp3) is 0.364. The molecule has 1 rings (SSSR count). The number of carbonyl (C=O) groups excluding carboxylic acids is 1. The third-order valence-corrected chi connectivity index (χ3v) is 3.04. The first-order valence-electron chi connectivity index (χ1n) is 4.64. The van der Waals surface area contributed by atoms with Gasteiger partial charge in [0, 0.05) is 0 Å². The Morgan fingerprint density at radius 1 is 1.31 bits per heavy atom. The molecule has 0 aromatic heterocycles. The second-order valence-electron chi connectivity index (χ2n) is 3.14. The number of esters is 1. The van der Waals surface area contributed by atoms with Crippen LogP contribution in [0.3, 0.4) is 0 Å². The van der Waals surface area contributed by atoms with Gasteiger partial charge in [-0.25, -0.2) is 0 Å². The Morgan fingerprint density at radius 2 is 1.88 bits per heavy atom. The van der Waals surface area contributed by atoms with Crippen LogP contribution in [0.2, 0.25) is 0 Å². The van der Waals surface area contributed by atoms with Crippen molar-refractivity contribution in [1.29, 1.82) is 0 Å². The largest absolute Gasteiger partial charge is 0.497 e. The number of hydrogen-bond donors (Lipinski definition) is 1. The third-order valence-electron chi connectivity index (χ3n) is 2.16. The normalized spacial score (nSPS) is 14.0. The summed E-state index contributed by atoms with van der Waals surface area (Å²) in [4.78, 5) is 10.4. The Morgan fingerprint density at radius 3 is 2.31 bits per heavy atom. The monoisotopic (exact) mass is 288 g/mol. The quantitative estimate of drug-likeness (QED) is 0.676. The van der Waals surface area contributed by atoms with Gasteiger partial charge in [0.25, 0.3) is 0 Å². The highest BCUT2D eigenvalue weighted by molar-refractivity contribution is 9.10. The molecule has 88 valence electrons. The van der Waals surface area contributed by atoms with E-state index in [2.05, 4.69) is 20.7 Å². The van der Waals surface area contributed by atoms with Crippen LogP contribution in [0.1, 0.15) is 11.7 Å². The van der Waals surface area contributed by atoms with Crippen molar-refractivity contribution in [2.24, 2.45) is 0 Å². The molecule has 0 aliphatic carbocycles. The van der Waals surface area contributed by atoms with E-state index in [1.807, 2.05) is 0 Å². The summed E-state index contributed by atoms with van der Waals surface area (Å²) in [5, 5.41) is 9.87. The van der Waals surface area contributed by atoms with E-state index >= 15 is 0 Å². The molecule has 0 bridgehead atoms. The van der Waals surface area contributed by atoms with Crippen molar-refractivity contribution in [1.82, 2.24) is 0 Å². The molecule has 0 heterocycles. The Labute approximate surface area is 102 Å². The Bertz CT molecular complexity index is 350. The summed E-state index contributed by atoms with van der Waals surface area (Å²) in [6, 6.07) is 6.83. The topological polar surface area (TPSA) is 55.8 Å². The molecule has 2 atom stereocenters. The summed E-state index contributed by atoms with van der Waals surface area (Å²) < 4.78 is 9.52. The van der Waals surface area contributed by atoms with Gasteiger partial charge in [-0.2, -0.15) is 0 Å².